The minimum absolute atomic E-state index is 0.202. The fraction of sp³-hybridized carbons (Fsp3) is 0.571. The Hall–Kier alpha value is -0.360. The fourth-order valence-electron chi connectivity index (χ4n) is 1.90. The summed E-state index contributed by atoms with van der Waals surface area (Å²) >= 11 is 4.85. The maximum atomic E-state index is 13.0. The van der Waals surface area contributed by atoms with Gasteiger partial charge in [-0.15, -0.1) is 0 Å². The zero-order chi connectivity index (χ0) is 15.3. The van der Waals surface area contributed by atoms with Crippen LogP contribution in [-0.4, -0.2) is 25.1 Å². The molecule has 0 aliphatic rings. The summed E-state index contributed by atoms with van der Waals surface area (Å²) in [5, 5.41) is 0.202. The van der Waals surface area contributed by atoms with Crippen LogP contribution in [0.5, 0.6) is 0 Å². The molecule has 0 fully saturated rings. The van der Waals surface area contributed by atoms with E-state index in [1.54, 1.807) is 23.9 Å². The number of benzene rings is 1. The Kier molecular flexibility index (Phi) is 6.72. The van der Waals surface area contributed by atoms with E-state index in [0.29, 0.717) is 5.69 Å². The van der Waals surface area contributed by atoms with Gasteiger partial charge in [0.2, 0.25) is 0 Å². The fourth-order valence-corrected chi connectivity index (χ4v) is 2.97. The van der Waals surface area contributed by atoms with Crippen LogP contribution in [0.4, 0.5) is 18.9 Å². The summed E-state index contributed by atoms with van der Waals surface area (Å²) in [6.07, 6.45) is -1.35. The molecule has 0 aliphatic carbocycles. The molecule has 0 saturated heterocycles. The van der Waals surface area contributed by atoms with E-state index < -0.39 is 11.7 Å². The zero-order valence-corrected chi connectivity index (χ0v) is 14.2. The normalized spacial score (nSPS) is 13.3. The van der Waals surface area contributed by atoms with Gasteiger partial charge in [-0.3, -0.25) is 0 Å². The van der Waals surface area contributed by atoms with E-state index in [4.69, 9.17) is 0 Å². The maximum absolute atomic E-state index is 13.0. The van der Waals surface area contributed by atoms with Gasteiger partial charge in [0.05, 0.1) is 5.56 Å². The number of halogens is 4. The van der Waals surface area contributed by atoms with Crippen molar-refractivity contribution in [1.82, 2.24) is 0 Å². The lowest BCUT2D eigenvalue weighted by molar-refractivity contribution is -0.138. The van der Waals surface area contributed by atoms with Crippen molar-refractivity contribution in [1.29, 1.82) is 0 Å². The third kappa shape index (κ3) is 4.58. The highest BCUT2D eigenvalue weighted by Crippen LogP contribution is 2.35. The Morgan fingerprint density at radius 1 is 1.35 bits per heavy atom. The van der Waals surface area contributed by atoms with E-state index in [0.717, 1.165) is 12.2 Å². The molecule has 0 bridgehead atoms. The predicted octanol–water partition coefficient (Wildman–Crippen LogP) is 5.18. The molecule has 1 atom stereocenters. The summed E-state index contributed by atoms with van der Waals surface area (Å²) in [6, 6.07) is 4.75. The van der Waals surface area contributed by atoms with Gasteiger partial charge in [0.1, 0.15) is 0 Å². The van der Waals surface area contributed by atoms with Crippen LogP contribution in [-0.2, 0) is 11.5 Å². The molecule has 0 heterocycles. The van der Waals surface area contributed by atoms with Gasteiger partial charge in [0.25, 0.3) is 0 Å². The molecule has 1 aromatic rings. The molecule has 0 spiro atoms. The first-order chi connectivity index (χ1) is 9.31. The molecular formula is C14H19BrF3NS. The Bertz CT molecular complexity index is 437. The molecule has 0 amide bonds. The van der Waals surface area contributed by atoms with Gasteiger partial charge in [0, 0.05) is 24.1 Å². The third-order valence-electron chi connectivity index (χ3n) is 3.35. The standard InChI is InChI=1S/C14H19BrF3NS/c1-10(6-7-20-3)19(2)12-5-4-11(9-15)13(8-12)14(16,17)18/h4-5,8,10H,6-7,9H2,1-3H3. The molecule has 0 aliphatic heterocycles. The summed E-state index contributed by atoms with van der Waals surface area (Å²) in [5.74, 6) is 0.997. The highest BCUT2D eigenvalue weighted by atomic mass is 79.9. The first-order valence-corrected chi connectivity index (χ1v) is 8.80. The van der Waals surface area contributed by atoms with Gasteiger partial charge in [-0.1, -0.05) is 22.0 Å². The molecular weight excluding hydrogens is 351 g/mol. The van der Waals surface area contributed by atoms with E-state index in [1.807, 2.05) is 25.1 Å². The molecule has 0 aromatic heterocycles. The Morgan fingerprint density at radius 3 is 2.50 bits per heavy atom. The number of nitrogens with zero attached hydrogens (tertiary/aromatic N) is 1. The Balaban J connectivity index is 3.02. The van der Waals surface area contributed by atoms with Crippen molar-refractivity contribution in [2.24, 2.45) is 0 Å². The maximum Gasteiger partial charge on any atom is 0.416 e. The first-order valence-electron chi connectivity index (χ1n) is 6.29. The summed E-state index contributed by atoms with van der Waals surface area (Å²) < 4.78 is 39.1. The van der Waals surface area contributed by atoms with Gasteiger partial charge in [-0.25, -0.2) is 0 Å². The Labute approximate surface area is 131 Å². The highest BCUT2D eigenvalue weighted by Gasteiger charge is 2.33. The first kappa shape index (κ1) is 17.7. The molecule has 20 heavy (non-hydrogen) atoms. The van der Waals surface area contributed by atoms with E-state index in [1.165, 1.54) is 6.07 Å². The lowest BCUT2D eigenvalue weighted by Gasteiger charge is -2.28. The van der Waals surface area contributed by atoms with Crippen molar-refractivity contribution in [2.45, 2.75) is 30.9 Å². The van der Waals surface area contributed by atoms with Crippen LogP contribution < -0.4 is 4.90 Å². The molecule has 6 heteroatoms. The number of thioether (sulfide) groups is 1. The third-order valence-corrected chi connectivity index (χ3v) is 4.60. The van der Waals surface area contributed by atoms with Gasteiger partial charge < -0.3 is 4.90 Å². The average Bonchev–Trinajstić information content (AvgIpc) is 2.42. The molecule has 0 radical (unpaired) electrons. The second-order valence-corrected chi connectivity index (χ2v) is 6.26. The van der Waals surface area contributed by atoms with Crippen LogP contribution >= 0.6 is 27.7 Å². The van der Waals surface area contributed by atoms with Crippen molar-refractivity contribution < 1.29 is 13.2 Å². The van der Waals surface area contributed by atoms with Crippen LogP contribution in [0.25, 0.3) is 0 Å². The van der Waals surface area contributed by atoms with Crippen molar-refractivity contribution in [3.8, 4) is 0 Å². The zero-order valence-electron chi connectivity index (χ0n) is 11.8. The van der Waals surface area contributed by atoms with Crippen molar-refractivity contribution in [2.75, 3.05) is 24.0 Å². The molecule has 1 aromatic carbocycles. The Morgan fingerprint density at radius 2 is 2.00 bits per heavy atom. The van der Waals surface area contributed by atoms with Crippen LogP contribution in [0.15, 0.2) is 18.2 Å². The number of alkyl halides is 4. The van der Waals surface area contributed by atoms with Gasteiger partial charge in [0.15, 0.2) is 0 Å². The smallest absolute Gasteiger partial charge is 0.372 e. The molecule has 1 unspecified atom stereocenters. The molecule has 1 nitrogen and oxygen atoms in total. The SMILES string of the molecule is CSCCC(C)N(C)c1ccc(CBr)c(C(F)(F)F)c1. The van der Waals surface area contributed by atoms with Gasteiger partial charge >= 0.3 is 6.18 Å². The monoisotopic (exact) mass is 369 g/mol. The van der Waals surface area contributed by atoms with E-state index in [2.05, 4.69) is 15.9 Å². The lowest BCUT2D eigenvalue weighted by Crippen LogP contribution is -2.29. The number of anilines is 1. The lowest BCUT2D eigenvalue weighted by atomic mass is 10.1. The van der Waals surface area contributed by atoms with Gasteiger partial charge in [-0.2, -0.15) is 24.9 Å². The molecule has 114 valence electrons. The minimum atomic E-state index is -4.32. The molecule has 0 N–H and O–H groups in total. The molecule has 0 saturated carbocycles. The summed E-state index contributed by atoms with van der Waals surface area (Å²) in [4.78, 5) is 1.91. The second kappa shape index (κ2) is 7.59. The topological polar surface area (TPSA) is 3.24 Å². The second-order valence-electron chi connectivity index (χ2n) is 4.71. The largest absolute Gasteiger partial charge is 0.416 e. The number of rotatable bonds is 6. The van der Waals surface area contributed by atoms with E-state index in [-0.39, 0.29) is 16.9 Å². The minimum Gasteiger partial charge on any atom is -0.372 e. The number of hydrogen-bond donors (Lipinski definition) is 0. The van der Waals surface area contributed by atoms with Crippen molar-refractivity contribution in [3.63, 3.8) is 0 Å². The average molecular weight is 370 g/mol. The van der Waals surface area contributed by atoms with Crippen LogP contribution in [0.1, 0.15) is 24.5 Å². The summed E-state index contributed by atoms with van der Waals surface area (Å²) in [6.45, 7) is 2.03. The number of hydrogen-bond acceptors (Lipinski definition) is 2. The van der Waals surface area contributed by atoms with Crippen molar-refractivity contribution >= 4 is 33.4 Å². The van der Waals surface area contributed by atoms with Crippen LogP contribution in [0.3, 0.4) is 0 Å². The summed E-state index contributed by atoms with van der Waals surface area (Å²) in [5.41, 5.74) is 0.317. The quantitative estimate of drug-likeness (QED) is 0.635. The van der Waals surface area contributed by atoms with Crippen LogP contribution in [0.2, 0.25) is 0 Å². The highest BCUT2D eigenvalue weighted by molar-refractivity contribution is 9.08. The van der Waals surface area contributed by atoms with E-state index >= 15 is 0 Å². The van der Waals surface area contributed by atoms with Crippen molar-refractivity contribution in [3.05, 3.63) is 29.3 Å². The predicted molar refractivity (Wildman–Crippen MR) is 84.9 cm³/mol. The van der Waals surface area contributed by atoms with Crippen LogP contribution in [0, 0.1) is 0 Å². The van der Waals surface area contributed by atoms with E-state index in [9.17, 15) is 13.2 Å². The summed E-state index contributed by atoms with van der Waals surface area (Å²) in [7, 11) is 1.84. The molecule has 1 rings (SSSR count). The van der Waals surface area contributed by atoms with Gasteiger partial charge in [-0.05, 0) is 43.0 Å².